The third-order valence-electron chi connectivity index (χ3n) is 2.67. The van der Waals surface area contributed by atoms with Crippen molar-refractivity contribution >= 4 is 9.84 Å². The van der Waals surface area contributed by atoms with Gasteiger partial charge in [0.05, 0.1) is 11.5 Å². The van der Waals surface area contributed by atoms with E-state index in [0.717, 1.165) is 16.9 Å². The second-order valence-electron chi connectivity index (χ2n) is 4.17. The van der Waals surface area contributed by atoms with Gasteiger partial charge in [-0.15, -0.1) is 0 Å². The van der Waals surface area contributed by atoms with Crippen molar-refractivity contribution in [3.63, 3.8) is 0 Å². The van der Waals surface area contributed by atoms with Gasteiger partial charge in [0.2, 0.25) is 0 Å². The first-order valence-corrected chi connectivity index (χ1v) is 7.85. The summed E-state index contributed by atoms with van der Waals surface area (Å²) in [4.78, 5) is 0.275. The van der Waals surface area contributed by atoms with E-state index in [9.17, 15) is 8.42 Å². The van der Waals surface area contributed by atoms with Crippen molar-refractivity contribution in [3.8, 4) is 16.9 Å². The van der Waals surface area contributed by atoms with Gasteiger partial charge in [0, 0.05) is 6.26 Å². The van der Waals surface area contributed by atoms with Crippen LogP contribution in [0.4, 0.5) is 0 Å². The minimum absolute atomic E-state index is 0.275. The fourth-order valence-corrected chi connectivity index (χ4v) is 2.33. The zero-order valence-electron chi connectivity index (χ0n) is 10.9. The number of sulfone groups is 1. The largest absolute Gasteiger partial charge is 0.494 e. The molecule has 0 heterocycles. The van der Waals surface area contributed by atoms with Gasteiger partial charge in [-0.3, -0.25) is 0 Å². The summed E-state index contributed by atoms with van der Waals surface area (Å²) in [6.07, 6.45) is 1.19. The summed E-state index contributed by atoms with van der Waals surface area (Å²) in [6, 6.07) is 15.5. The Bertz CT molecular complexity index is 658. The van der Waals surface area contributed by atoms with Crippen molar-refractivity contribution in [2.24, 2.45) is 0 Å². The molecule has 0 unspecified atom stereocenters. The van der Waals surface area contributed by atoms with E-state index in [2.05, 4.69) is 6.07 Å². The van der Waals surface area contributed by atoms with E-state index in [1.165, 1.54) is 12.3 Å². The van der Waals surface area contributed by atoms with Crippen LogP contribution in [-0.4, -0.2) is 21.3 Å². The van der Waals surface area contributed by atoms with Gasteiger partial charge >= 0.3 is 0 Å². The van der Waals surface area contributed by atoms with Gasteiger partial charge in [0.15, 0.2) is 9.84 Å². The van der Waals surface area contributed by atoms with Crippen LogP contribution in [0.5, 0.6) is 5.75 Å². The standard InChI is InChI=1S/C15H15O3S/c1-3-18-14-6-4-5-13(11-14)12-7-9-15(10-8-12)19(2,16)17/h4-7,9-11H,3H2,1-2H3. The maximum Gasteiger partial charge on any atom is 0.175 e. The summed E-state index contributed by atoms with van der Waals surface area (Å²) in [5.74, 6) is 0.792. The third-order valence-corrected chi connectivity index (χ3v) is 3.78. The fourth-order valence-electron chi connectivity index (χ4n) is 1.74. The maximum absolute atomic E-state index is 11.4. The predicted octanol–water partition coefficient (Wildman–Crippen LogP) is 2.96. The first kappa shape index (κ1) is 13.6. The van der Waals surface area contributed by atoms with Crippen LogP contribution in [0.3, 0.4) is 0 Å². The zero-order chi connectivity index (χ0) is 13.9. The van der Waals surface area contributed by atoms with Crippen LogP contribution in [0.2, 0.25) is 0 Å². The summed E-state index contributed by atoms with van der Waals surface area (Å²) in [6.45, 7) is 2.54. The molecule has 0 spiro atoms. The van der Waals surface area contributed by atoms with E-state index in [-0.39, 0.29) is 4.90 Å². The molecule has 0 aromatic heterocycles. The molecule has 0 saturated carbocycles. The fraction of sp³-hybridized carbons (Fsp3) is 0.200. The molecule has 2 aromatic rings. The molecule has 99 valence electrons. The highest BCUT2D eigenvalue weighted by Gasteiger charge is 2.07. The lowest BCUT2D eigenvalue weighted by Crippen LogP contribution is -1.96. The molecule has 0 atom stereocenters. The Balaban J connectivity index is 2.34. The van der Waals surface area contributed by atoms with E-state index >= 15 is 0 Å². The van der Waals surface area contributed by atoms with Crippen LogP contribution >= 0.6 is 0 Å². The molecule has 0 fully saturated rings. The molecule has 1 radical (unpaired) electrons. The average molecular weight is 275 g/mol. The Morgan fingerprint density at radius 2 is 2.00 bits per heavy atom. The lowest BCUT2D eigenvalue weighted by molar-refractivity contribution is 0.340. The van der Waals surface area contributed by atoms with Gasteiger partial charge in [0.25, 0.3) is 0 Å². The van der Waals surface area contributed by atoms with Gasteiger partial charge in [-0.1, -0.05) is 18.2 Å². The molecule has 0 aliphatic heterocycles. The molecule has 3 nitrogen and oxygen atoms in total. The number of hydrogen-bond acceptors (Lipinski definition) is 3. The third kappa shape index (κ3) is 3.35. The monoisotopic (exact) mass is 275 g/mol. The molecule has 0 N–H and O–H groups in total. The molecule has 2 aromatic carbocycles. The second kappa shape index (κ2) is 5.45. The minimum atomic E-state index is -3.17. The Morgan fingerprint density at radius 3 is 2.58 bits per heavy atom. The first-order valence-electron chi connectivity index (χ1n) is 5.96. The lowest BCUT2D eigenvalue weighted by Gasteiger charge is -2.06. The van der Waals surface area contributed by atoms with Gasteiger partial charge in [-0.05, 0) is 48.4 Å². The minimum Gasteiger partial charge on any atom is -0.494 e. The Labute approximate surface area is 113 Å². The normalized spacial score (nSPS) is 11.3. The van der Waals surface area contributed by atoms with Crippen LogP contribution in [0.1, 0.15) is 6.92 Å². The molecular weight excluding hydrogens is 260 g/mol. The van der Waals surface area contributed by atoms with Crippen LogP contribution < -0.4 is 4.74 Å². The van der Waals surface area contributed by atoms with Gasteiger partial charge in [0.1, 0.15) is 5.75 Å². The first-order chi connectivity index (χ1) is 9.00. The van der Waals surface area contributed by atoms with Crippen LogP contribution in [0.25, 0.3) is 11.1 Å². The number of hydrogen-bond donors (Lipinski definition) is 0. The molecule has 2 rings (SSSR count). The number of ether oxygens (including phenoxy) is 1. The Morgan fingerprint density at radius 1 is 1.21 bits per heavy atom. The summed E-state index contributed by atoms with van der Waals surface area (Å²) in [5, 5.41) is 0. The summed E-state index contributed by atoms with van der Waals surface area (Å²) < 4.78 is 28.2. The van der Waals surface area contributed by atoms with E-state index in [0.29, 0.717) is 6.61 Å². The van der Waals surface area contributed by atoms with Crippen LogP contribution in [0.15, 0.2) is 47.4 Å². The van der Waals surface area contributed by atoms with Crippen molar-refractivity contribution in [1.29, 1.82) is 0 Å². The van der Waals surface area contributed by atoms with E-state index in [1.54, 1.807) is 12.1 Å². The summed E-state index contributed by atoms with van der Waals surface area (Å²) in [5.41, 5.74) is 1.79. The van der Waals surface area contributed by atoms with E-state index < -0.39 is 9.84 Å². The quantitative estimate of drug-likeness (QED) is 0.861. The molecular formula is C15H15O3S. The number of rotatable bonds is 4. The topological polar surface area (TPSA) is 43.4 Å². The van der Waals surface area contributed by atoms with Gasteiger partial charge in [-0.2, -0.15) is 0 Å². The molecule has 0 aliphatic rings. The molecule has 0 aliphatic carbocycles. The van der Waals surface area contributed by atoms with Crippen molar-refractivity contribution in [2.45, 2.75) is 11.8 Å². The van der Waals surface area contributed by atoms with Crippen molar-refractivity contribution in [3.05, 3.63) is 48.5 Å². The Kier molecular flexibility index (Phi) is 3.90. The van der Waals surface area contributed by atoms with Crippen molar-refractivity contribution in [1.82, 2.24) is 0 Å². The van der Waals surface area contributed by atoms with E-state index in [4.69, 9.17) is 4.74 Å². The highest BCUT2D eigenvalue weighted by Crippen LogP contribution is 2.24. The van der Waals surface area contributed by atoms with E-state index in [1.807, 2.05) is 31.2 Å². The molecule has 0 saturated heterocycles. The van der Waals surface area contributed by atoms with Crippen LogP contribution in [-0.2, 0) is 9.84 Å². The lowest BCUT2D eigenvalue weighted by atomic mass is 10.1. The summed E-state index contributed by atoms with van der Waals surface area (Å²) >= 11 is 0. The molecule has 0 amide bonds. The smallest absolute Gasteiger partial charge is 0.175 e. The SMILES string of the molecule is CCOc1cccc(-c2[c]cc(S(C)(=O)=O)cc2)c1. The molecule has 4 heteroatoms. The van der Waals surface area contributed by atoms with Gasteiger partial charge < -0.3 is 4.74 Å². The zero-order valence-corrected chi connectivity index (χ0v) is 11.7. The van der Waals surface area contributed by atoms with Crippen LogP contribution in [0, 0.1) is 6.07 Å². The molecule has 19 heavy (non-hydrogen) atoms. The Hall–Kier alpha value is -1.81. The highest BCUT2D eigenvalue weighted by atomic mass is 32.2. The average Bonchev–Trinajstić information content (AvgIpc) is 2.39. The predicted molar refractivity (Wildman–Crippen MR) is 75.0 cm³/mol. The van der Waals surface area contributed by atoms with Gasteiger partial charge in [-0.25, -0.2) is 8.42 Å². The summed E-state index contributed by atoms with van der Waals surface area (Å²) in [7, 11) is -3.17. The van der Waals surface area contributed by atoms with Crippen molar-refractivity contribution in [2.75, 3.05) is 12.9 Å². The number of benzene rings is 2. The second-order valence-corrected chi connectivity index (χ2v) is 6.19. The maximum atomic E-state index is 11.4. The molecule has 0 bridgehead atoms. The highest BCUT2D eigenvalue weighted by molar-refractivity contribution is 7.90. The van der Waals surface area contributed by atoms with Crippen molar-refractivity contribution < 1.29 is 13.2 Å².